The maximum Gasteiger partial charge on any atom is 0.0489 e. The molecule has 1 aromatic carbocycles. The minimum atomic E-state index is 0.386. The van der Waals surface area contributed by atoms with Crippen molar-refractivity contribution in [3.8, 4) is 0 Å². The van der Waals surface area contributed by atoms with Gasteiger partial charge in [0.15, 0.2) is 0 Å². The second kappa shape index (κ2) is 3.67. The number of benzene rings is 1. The van der Waals surface area contributed by atoms with Crippen LogP contribution in [0, 0.1) is 0 Å². The second-order valence-electron chi connectivity index (χ2n) is 4.84. The lowest BCUT2D eigenvalue weighted by molar-refractivity contribution is 0.912. The van der Waals surface area contributed by atoms with Gasteiger partial charge >= 0.3 is 0 Å². The van der Waals surface area contributed by atoms with Crippen LogP contribution >= 0.6 is 0 Å². The Hall–Kier alpha value is -2.15. The van der Waals surface area contributed by atoms with Gasteiger partial charge in [-0.05, 0) is 16.5 Å². The third kappa shape index (κ3) is 1.31. The van der Waals surface area contributed by atoms with Gasteiger partial charge in [0.2, 0.25) is 0 Å². The highest BCUT2D eigenvalue weighted by atomic mass is 14.7. The van der Waals surface area contributed by atoms with Crippen molar-refractivity contribution in [1.29, 1.82) is 0 Å². The molecule has 2 aromatic rings. The molecule has 0 bridgehead atoms. The summed E-state index contributed by atoms with van der Waals surface area (Å²) >= 11 is 0. The number of fused-ring (bicyclic) bond motifs is 5. The second-order valence-corrected chi connectivity index (χ2v) is 4.84. The van der Waals surface area contributed by atoms with Crippen LogP contribution < -0.4 is 0 Å². The van der Waals surface area contributed by atoms with Crippen molar-refractivity contribution in [2.45, 2.75) is 12.3 Å². The van der Waals surface area contributed by atoms with E-state index in [-0.39, 0.29) is 0 Å². The predicted molar refractivity (Wildman–Crippen MR) is 74.6 cm³/mol. The van der Waals surface area contributed by atoms with Crippen LogP contribution in [0.25, 0.3) is 10.8 Å². The van der Waals surface area contributed by atoms with Gasteiger partial charge in [0, 0.05) is 29.6 Å². The fourth-order valence-corrected chi connectivity index (χ4v) is 2.97. The van der Waals surface area contributed by atoms with E-state index >= 15 is 0 Å². The molecule has 1 heteroatoms. The molecule has 1 nitrogen and oxygen atoms in total. The zero-order valence-electron chi connectivity index (χ0n) is 10.0. The van der Waals surface area contributed by atoms with E-state index in [9.17, 15) is 0 Å². The molecule has 1 atom stereocenters. The van der Waals surface area contributed by atoms with E-state index in [1.807, 2.05) is 6.20 Å². The molecule has 0 fully saturated rings. The maximum absolute atomic E-state index is 4.64. The molecular weight excluding hydrogens is 218 g/mol. The van der Waals surface area contributed by atoms with Crippen LogP contribution in [0.4, 0.5) is 0 Å². The van der Waals surface area contributed by atoms with Crippen LogP contribution in [0.5, 0.6) is 0 Å². The predicted octanol–water partition coefficient (Wildman–Crippen LogP) is 3.93. The Morgan fingerprint density at radius 2 is 2.06 bits per heavy atom. The maximum atomic E-state index is 4.64. The molecule has 0 amide bonds. The molecule has 4 rings (SSSR count). The van der Waals surface area contributed by atoms with Gasteiger partial charge in [-0.25, -0.2) is 0 Å². The summed E-state index contributed by atoms with van der Waals surface area (Å²) in [5, 5.41) is 2.58. The van der Waals surface area contributed by atoms with Crippen LogP contribution in [0.2, 0.25) is 0 Å². The Balaban J connectivity index is 2.05. The molecule has 2 aliphatic carbocycles. The van der Waals surface area contributed by atoms with Gasteiger partial charge in [0.1, 0.15) is 0 Å². The third-order valence-corrected chi connectivity index (χ3v) is 3.83. The van der Waals surface area contributed by atoms with Gasteiger partial charge in [0.05, 0.1) is 0 Å². The van der Waals surface area contributed by atoms with Crippen LogP contribution in [0.1, 0.15) is 17.2 Å². The molecule has 0 spiro atoms. The van der Waals surface area contributed by atoms with Crippen molar-refractivity contribution in [2.24, 2.45) is 0 Å². The van der Waals surface area contributed by atoms with E-state index in [1.54, 1.807) is 0 Å². The summed E-state index contributed by atoms with van der Waals surface area (Å²) in [6.45, 7) is 0. The number of rotatable bonds is 0. The Morgan fingerprint density at radius 1 is 1.11 bits per heavy atom. The summed E-state index contributed by atoms with van der Waals surface area (Å²) in [6.07, 6.45) is 14.0. The summed E-state index contributed by atoms with van der Waals surface area (Å²) in [4.78, 5) is 4.64. The molecule has 1 unspecified atom stereocenters. The highest BCUT2D eigenvalue weighted by Crippen LogP contribution is 2.39. The quantitative estimate of drug-likeness (QED) is 0.669. The average molecular weight is 231 g/mol. The number of allylic oxidation sites excluding steroid dienone is 6. The Bertz CT molecular complexity index is 719. The van der Waals surface area contributed by atoms with Crippen molar-refractivity contribution in [1.82, 2.24) is 4.98 Å². The standard InChI is InChI=1S/C17H13N/c1-3-7-14-12(5-1)9-10-16-17(14)15-8-4-2-6-13(15)11-18-16/h1-9,11,14H,10H2. The first-order chi connectivity index (χ1) is 8.93. The lowest BCUT2D eigenvalue weighted by Crippen LogP contribution is -2.11. The van der Waals surface area contributed by atoms with Gasteiger partial charge in [-0.15, -0.1) is 0 Å². The average Bonchev–Trinajstić information content (AvgIpc) is 2.46. The van der Waals surface area contributed by atoms with Gasteiger partial charge in [-0.3, -0.25) is 4.98 Å². The highest BCUT2D eigenvalue weighted by molar-refractivity contribution is 5.87. The normalized spacial score (nSPS) is 20.4. The fourth-order valence-electron chi connectivity index (χ4n) is 2.97. The van der Waals surface area contributed by atoms with E-state index in [0.29, 0.717) is 5.92 Å². The summed E-state index contributed by atoms with van der Waals surface area (Å²) in [5.41, 5.74) is 4.02. The molecule has 2 aliphatic rings. The molecule has 1 heterocycles. The minimum Gasteiger partial charge on any atom is -0.260 e. The zero-order valence-corrected chi connectivity index (χ0v) is 10.0. The van der Waals surface area contributed by atoms with Crippen LogP contribution in [0.3, 0.4) is 0 Å². The Kier molecular flexibility index (Phi) is 2.01. The molecule has 0 N–H and O–H groups in total. The molecular formula is C17H13N. The first kappa shape index (κ1) is 9.84. The third-order valence-electron chi connectivity index (χ3n) is 3.83. The van der Waals surface area contributed by atoms with Crippen LogP contribution in [0.15, 0.2) is 66.4 Å². The summed E-state index contributed by atoms with van der Waals surface area (Å²) in [7, 11) is 0. The van der Waals surface area contributed by atoms with Crippen molar-refractivity contribution >= 4 is 10.8 Å². The first-order valence-electron chi connectivity index (χ1n) is 6.35. The van der Waals surface area contributed by atoms with Crippen LogP contribution in [-0.2, 0) is 6.42 Å². The molecule has 0 saturated heterocycles. The SMILES string of the molecule is C1=CC2=CCc3ncc4ccccc4c3C2C=C1. The highest BCUT2D eigenvalue weighted by Gasteiger charge is 2.23. The summed E-state index contributed by atoms with van der Waals surface area (Å²) in [5.74, 6) is 0.386. The fraction of sp³-hybridized carbons (Fsp3) is 0.118. The van der Waals surface area contributed by atoms with E-state index in [4.69, 9.17) is 0 Å². The summed E-state index contributed by atoms with van der Waals surface area (Å²) < 4.78 is 0. The van der Waals surface area contributed by atoms with Crippen molar-refractivity contribution in [2.75, 3.05) is 0 Å². The Morgan fingerprint density at radius 3 is 3.06 bits per heavy atom. The number of hydrogen-bond donors (Lipinski definition) is 0. The molecule has 0 saturated carbocycles. The first-order valence-corrected chi connectivity index (χ1v) is 6.35. The van der Waals surface area contributed by atoms with Crippen molar-refractivity contribution in [3.05, 3.63) is 77.7 Å². The Labute approximate surface area is 106 Å². The lowest BCUT2D eigenvalue weighted by atomic mass is 9.80. The molecule has 0 aliphatic heterocycles. The number of nitrogens with zero attached hydrogens (tertiary/aromatic N) is 1. The van der Waals surface area contributed by atoms with Gasteiger partial charge in [0.25, 0.3) is 0 Å². The van der Waals surface area contributed by atoms with Crippen LogP contribution in [-0.4, -0.2) is 4.98 Å². The zero-order chi connectivity index (χ0) is 11.9. The van der Waals surface area contributed by atoms with Gasteiger partial charge in [-0.1, -0.05) is 54.6 Å². The van der Waals surface area contributed by atoms with Gasteiger partial charge < -0.3 is 0 Å². The number of aromatic nitrogens is 1. The summed E-state index contributed by atoms with van der Waals surface area (Å²) in [6, 6.07) is 8.55. The monoisotopic (exact) mass is 231 g/mol. The molecule has 18 heavy (non-hydrogen) atoms. The molecule has 86 valence electrons. The number of pyridine rings is 1. The van der Waals surface area contributed by atoms with Gasteiger partial charge in [-0.2, -0.15) is 0 Å². The number of hydrogen-bond acceptors (Lipinski definition) is 1. The smallest absolute Gasteiger partial charge is 0.0489 e. The van der Waals surface area contributed by atoms with Crippen molar-refractivity contribution < 1.29 is 0 Å². The van der Waals surface area contributed by atoms with E-state index in [1.165, 1.54) is 27.6 Å². The topological polar surface area (TPSA) is 12.9 Å². The van der Waals surface area contributed by atoms with E-state index in [0.717, 1.165) is 6.42 Å². The van der Waals surface area contributed by atoms with E-state index in [2.05, 4.69) is 59.6 Å². The minimum absolute atomic E-state index is 0.386. The molecule has 0 radical (unpaired) electrons. The lowest BCUT2D eigenvalue weighted by Gasteiger charge is -2.25. The van der Waals surface area contributed by atoms with E-state index < -0.39 is 0 Å². The van der Waals surface area contributed by atoms with Crippen molar-refractivity contribution in [3.63, 3.8) is 0 Å². The largest absolute Gasteiger partial charge is 0.260 e. The molecule has 1 aromatic heterocycles.